The highest BCUT2D eigenvalue weighted by Gasteiger charge is 2.21. The number of rotatable bonds is 5. The van der Waals surface area contributed by atoms with E-state index >= 15 is 0 Å². The summed E-state index contributed by atoms with van der Waals surface area (Å²) < 4.78 is 18.5. The molecule has 3 heterocycles. The molecule has 8 nitrogen and oxygen atoms in total. The zero-order valence-electron chi connectivity index (χ0n) is 15.9. The molecule has 0 spiro atoms. The number of halogens is 1. The van der Waals surface area contributed by atoms with Gasteiger partial charge < -0.3 is 14.5 Å². The first-order chi connectivity index (χ1) is 13.7. The molecule has 0 aliphatic carbocycles. The number of nitrogens with one attached hydrogen (secondary N) is 1. The van der Waals surface area contributed by atoms with Crippen molar-refractivity contribution in [1.82, 2.24) is 15.0 Å². The number of nitrogens with zero attached hydrogens (tertiary/aromatic N) is 6. The van der Waals surface area contributed by atoms with E-state index in [-0.39, 0.29) is 5.82 Å². The summed E-state index contributed by atoms with van der Waals surface area (Å²) in [7, 11) is 0. The number of hydrazone groups is 1. The molecule has 9 heteroatoms. The first-order valence-corrected chi connectivity index (χ1v) is 9.59. The maximum absolute atomic E-state index is 13.1. The fourth-order valence-electron chi connectivity index (χ4n) is 3.26. The van der Waals surface area contributed by atoms with E-state index in [0.29, 0.717) is 31.1 Å². The Morgan fingerprint density at radius 1 is 0.964 bits per heavy atom. The molecule has 148 valence electrons. The molecule has 0 atom stereocenters. The van der Waals surface area contributed by atoms with Crippen LogP contribution in [0.1, 0.15) is 25.3 Å². The predicted octanol–water partition coefficient (Wildman–Crippen LogP) is 2.28. The Morgan fingerprint density at radius 2 is 1.57 bits per heavy atom. The van der Waals surface area contributed by atoms with Crippen LogP contribution in [-0.2, 0) is 4.74 Å². The van der Waals surface area contributed by atoms with Crippen molar-refractivity contribution in [2.24, 2.45) is 5.10 Å². The summed E-state index contributed by atoms with van der Waals surface area (Å²) in [5, 5.41) is 4.38. The normalized spacial score (nSPS) is 17.9. The number of hydrogen-bond donors (Lipinski definition) is 1. The molecule has 1 aromatic heterocycles. The van der Waals surface area contributed by atoms with Gasteiger partial charge >= 0.3 is 0 Å². The highest BCUT2D eigenvalue weighted by Crippen LogP contribution is 2.21. The summed E-state index contributed by atoms with van der Waals surface area (Å²) in [6.45, 7) is 6.58. The van der Waals surface area contributed by atoms with Crippen LogP contribution in [0, 0.1) is 5.82 Å². The average Bonchev–Trinajstić information content (AvgIpc) is 3.28. The van der Waals surface area contributed by atoms with Gasteiger partial charge in [0.05, 0.1) is 18.9 Å². The van der Waals surface area contributed by atoms with Crippen LogP contribution in [0.25, 0.3) is 0 Å². The average molecular weight is 385 g/mol. The monoisotopic (exact) mass is 385 g/mol. The lowest BCUT2D eigenvalue weighted by Gasteiger charge is -2.27. The van der Waals surface area contributed by atoms with E-state index in [1.807, 2.05) is 6.92 Å². The Hall–Kier alpha value is -2.81. The molecule has 0 amide bonds. The van der Waals surface area contributed by atoms with Gasteiger partial charge in [-0.05, 0) is 37.5 Å². The van der Waals surface area contributed by atoms with Crippen molar-refractivity contribution in [3.63, 3.8) is 0 Å². The Bertz CT molecular complexity index is 831. The van der Waals surface area contributed by atoms with Crippen molar-refractivity contribution in [2.75, 3.05) is 54.6 Å². The van der Waals surface area contributed by atoms with Crippen LogP contribution in [0.5, 0.6) is 0 Å². The van der Waals surface area contributed by atoms with Crippen molar-refractivity contribution < 1.29 is 9.13 Å². The lowest BCUT2D eigenvalue weighted by Crippen LogP contribution is -2.38. The summed E-state index contributed by atoms with van der Waals surface area (Å²) >= 11 is 0. The summed E-state index contributed by atoms with van der Waals surface area (Å²) in [4.78, 5) is 18.1. The van der Waals surface area contributed by atoms with Crippen molar-refractivity contribution in [3.8, 4) is 0 Å². The Morgan fingerprint density at radius 3 is 2.21 bits per heavy atom. The maximum Gasteiger partial charge on any atom is 0.250 e. The largest absolute Gasteiger partial charge is 0.378 e. The van der Waals surface area contributed by atoms with Gasteiger partial charge in [-0.25, -0.2) is 9.82 Å². The van der Waals surface area contributed by atoms with Gasteiger partial charge in [0, 0.05) is 26.2 Å². The van der Waals surface area contributed by atoms with Gasteiger partial charge in [-0.2, -0.15) is 20.1 Å². The molecule has 0 saturated carbocycles. The summed E-state index contributed by atoms with van der Waals surface area (Å²) in [5.41, 5.74) is 4.50. The second-order valence-corrected chi connectivity index (χ2v) is 6.87. The van der Waals surface area contributed by atoms with E-state index in [1.165, 1.54) is 12.1 Å². The van der Waals surface area contributed by atoms with Gasteiger partial charge in [0.2, 0.25) is 17.8 Å². The first kappa shape index (κ1) is 18.5. The van der Waals surface area contributed by atoms with Gasteiger partial charge in [-0.1, -0.05) is 12.1 Å². The van der Waals surface area contributed by atoms with Crippen LogP contribution in [0.2, 0.25) is 0 Å². The molecule has 0 bridgehead atoms. The number of anilines is 3. The highest BCUT2D eigenvalue weighted by atomic mass is 19.1. The highest BCUT2D eigenvalue weighted by molar-refractivity contribution is 5.98. The van der Waals surface area contributed by atoms with Crippen molar-refractivity contribution >= 4 is 23.6 Å². The predicted molar refractivity (Wildman–Crippen MR) is 107 cm³/mol. The quantitative estimate of drug-likeness (QED) is 0.625. The summed E-state index contributed by atoms with van der Waals surface area (Å²) in [6.07, 6.45) is 2.28. The van der Waals surface area contributed by atoms with E-state index in [2.05, 4.69) is 35.3 Å². The molecule has 0 radical (unpaired) electrons. The van der Waals surface area contributed by atoms with Crippen molar-refractivity contribution in [1.29, 1.82) is 0 Å². The van der Waals surface area contributed by atoms with E-state index in [9.17, 15) is 4.39 Å². The van der Waals surface area contributed by atoms with Crippen LogP contribution in [0.4, 0.5) is 22.2 Å². The number of benzene rings is 1. The lowest BCUT2D eigenvalue weighted by molar-refractivity contribution is 0.122. The summed E-state index contributed by atoms with van der Waals surface area (Å²) in [6, 6.07) is 6.22. The molecule has 1 aromatic carbocycles. The van der Waals surface area contributed by atoms with Gasteiger partial charge in [-0.3, -0.25) is 0 Å². The van der Waals surface area contributed by atoms with Gasteiger partial charge in [-0.15, -0.1) is 0 Å². The Labute approximate surface area is 163 Å². The molecule has 0 unspecified atom stereocenters. The molecule has 2 fully saturated rings. The maximum atomic E-state index is 13.1. The fourth-order valence-corrected chi connectivity index (χ4v) is 3.26. The van der Waals surface area contributed by atoms with Gasteiger partial charge in [0.1, 0.15) is 5.82 Å². The zero-order valence-corrected chi connectivity index (χ0v) is 15.9. The molecule has 4 rings (SSSR count). The van der Waals surface area contributed by atoms with Crippen LogP contribution >= 0.6 is 0 Å². The van der Waals surface area contributed by atoms with E-state index in [1.54, 1.807) is 12.1 Å². The molecule has 28 heavy (non-hydrogen) atoms. The molecule has 2 aromatic rings. The third kappa shape index (κ3) is 4.36. The molecule has 1 N–H and O–H groups in total. The minimum absolute atomic E-state index is 0.271. The minimum atomic E-state index is -0.271. The number of hydrogen-bond acceptors (Lipinski definition) is 8. The van der Waals surface area contributed by atoms with Crippen LogP contribution < -0.4 is 15.2 Å². The van der Waals surface area contributed by atoms with Crippen molar-refractivity contribution in [2.45, 2.75) is 19.8 Å². The Balaban J connectivity index is 1.58. The number of morpholine rings is 1. The molecular formula is C19H24FN7O. The third-order valence-electron chi connectivity index (χ3n) is 4.88. The smallest absolute Gasteiger partial charge is 0.250 e. The summed E-state index contributed by atoms with van der Waals surface area (Å²) in [5.74, 6) is 1.44. The topological polar surface area (TPSA) is 78.8 Å². The SMILES string of the molecule is C/C(=N/Nc1nc(N2CCCC2)nc(N2CCOCC2)n1)c1ccc(F)cc1. The number of ether oxygens (including phenoxy) is 1. The van der Waals surface area contributed by atoms with Gasteiger partial charge in [0.25, 0.3) is 0 Å². The van der Waals surface area contributed by atoms with Crippen LogP contribution in [-0.4, -0.2) is 60.1 Å². The lowest BCUT2D eigenvalue weighted by atomic mass is 10.1. The van der Waals surface area contributed by atoms with E-state index < -0.39 is 0 Å². The fraction of sp³-hybridized carbons (Fsp3) is 0.474. The second-order valence-electron chi connectivity index (χ2n) is 6.87. The molecular weight excluding hydrogens is 361 g/mol. The standard InChI is InChI=1S/C19H24FN7O/c1-14(15-4-6-16(20)7-5-15)24-25-17-21-18(26-8-2-3-9-26)23-19(22-17)27-10-12-28-13-11-27/h4-7H,2-3,8-13H2,1H3,(H,21,22,23,25)/b24-14-. The van der Waals surface area contributed by atoms with E-state index in [0.717, 1.165) is 50.3 Å². The Kier molecular flexibility index (Phi) is 5.61. The minimum Gasteiger partial charge on any atom is -0.378 e. The number of aromatic nitrogens is 3. The molecule has 2 aliphatic heterocycles. The van der Waals surface area contributed by atoms with Gasteiger partial charge in [0.15, 0.2) is 0 Å². The molecule has 2 aliphatic rings. The first-order valence-electron chi connectivity index (χ1n) is 9.59. The van der Waals surface area contributed by atoms with Crippen LogP contribution in [0.15, 0.2) is 29.4 Å². The van der Waals surface area contributed by atoms with E-state index in [4.69, 9.17) is 4.74 Å². The third-order valence-corrected chi connectivity index (χ3v) is 4.88. The van der Waals surface area contributed by atoms with Crippen molar-refractivity contribution in [3.05, 3.63) is 35.6 Å². The zero-order chi connectivity index (χ0) is 19.3. The second kappa shape index (κ2) is 8.47. The molecule has 2 saturated heterocycles. The van der Waals surface area contributed by atoms with Crippen LogP contribution in [0.3, 0.4) is 0 Å².